The van der Waals surface area contributed by atoms with E-state index in [2.05, 4.69) is 9.17 Å². The molecule has 9 heteroatoms. The molecule has 19 heavy (non-hydrogen) atoms. The van der Waals surface area contributed by atoms with Crippen molar-refractivity contribution in [2.45, 2.75) is 5.51 Å². The number of hydrogen-bond donors (Lipinski definition) is 1. The Bertz CT molecular complexity index is 727. The molecule has 0 aliphatic rings. The molecular formula is C10H6F3NO4S. The van der Waals surface area contributed by atoms with Crippen LogP contribution in [0.5, 0.6) is 11.6 Å². The zero-order valence-corrected chi connectivity index (χ0v) is 9.86. The fraction of sp³-hybridized carbons (Fsp3) is 0.100. The lowest BCUT2D eigenvalue weighted by Gasteiger charge is -2.09. The monoisotopic (exact) mass is 293 g/mol. The van der Waals surface area contributed by atoms with Crippen molar-refractivity contribution in [2.24, 2.45) is 0 Å². The van der Waals surface area contributed by atoms with Crippen molar-refractivity contribution in [3.05, 3.63) is 30.3 Å². The Labute approximate surface area is 105 Å². The first-order chi connectivity index (χ1) is 8.69. The van der Waals surface area contributed by atoms with Crippen LogP contribution in [0, 0.1) is 0 Å². The Morgan fingerprint density at radius 1 is 1.16 bits per heavy atom. The van der Waals surface area contributed by atoms with Crippen LogP contribution in [0.4, 0.5) is 13.2 Å². The molecule has 0 fully saturated rings. The van der Waals surface area contributed by atoms with E-state index in [1.165, 1.54) is 24.3 Å². The highest BCUT2D eigenvalue weighted by Gasteiger charge is 2.48. The topological polar surface area (TPSA) is 76.5 Å². The van der Waals surface area contributed by atoms with Gasteiger partial charge in [0.1, 0.15) is 5.75 Å². The van der Waals surface area contributed by atoms with Crippen LogP contribution in [-0.4, -0.2) is 24.0 Å². The van der Waals surface area contributed by atoms with Gasteiger partial charge < -0.3 is 9.29 Å². The molecule has 0 amide bonds. The molecular weight excluding hydrogens is 287 g/mol. The summed E-state index contributed by atoms with van der Waals surface area (Å²) in [5, 5.41) is 9.62. The minimum atomic E-state index is -5.74. The highest BCUT2D eigenvalue weighted by Crippen LogP contribution is 2.27. The molecule has 0 unspecified atom stereocenters. The van der Waals surface area contributed by atoms with Crippen molar-refractivity contribution in [3.63, 3.8) is 0 Å². The van der Waals surface area contributed by atoms with Crippen LogP contribution in [0.1, 0.15) is 0 Å². The third-order valence-corrected chi connectivity index (χ3v) is 3.08. The number of aromatic nitrogens is 1. The van der Waals surface area contributed by atoms with Crippen LogP contribution in [0.25, 0.3) is 10.9 Å². The summed E-state index contributed by atoms with van der Waals surface area (Å²) in [4.78, 5) is 3.60. The highest BCUT2D eigenvalue weighted by molar-refractivity contribution is 7.87. The molecule has 2 rings (SSSR count). The number of fused-ring (bicyclic) bond motifs is 1. The summed E-state index contributed by atoms with van der Waals surface area (Å²) in [5.41, 5.74) is -5.33. The molecule has 0 aliphatic heterocycles. The molecule has 1 aromatic heterocycles. The van der Waals surface area contributed by atoms with E-state index in [1.54, 1.807) is 0 Å². The van der Waals surface area contributed by atoms with Gasteiger partial charge in [0.25, 0.3) is 0 Å². The number of benzene rings is 1. The zero-order chi connectivity index (χ0) is 14.3. The quantitative estimate of drug-likeness (QED) is 0.678. The Morgan fingerprint density at radius 3 is 2.47 bits per heavy atom. The first-order valence-electron chi connectivity index (χ1n) is 4.79. The first-order valence-corrected chi connectivity index (χ1v) is 6.20. The van der Waals surface area contributed by atoms with Crippen LogP contribution in [0.15, 0.2) is 30.3 Å². The van der Waals surface area contributed by atoms with E-state index in [-0.39, 0.29) is 11.3 Å². The molecule has 2 aromatic rings. The number of phenols is 1. The SMILES string of the molecule is O=S(=O)(Oc1ccc2cc(O)ccc2n1)C(F)(F)F. The van der Waals surface area contributed by atoms with E-state index < -0.39 is 21.5 Å². The predicted octanol–water partition coefficient (Wildman–Crippen LogP) is 2.17. The minimum Gasteiger partial charge on any atom is -0.508 e. The molecule has 0 atom stereocenters. The fourth-order valence-electron chi connectivity index (χ4n) is 1.30. The predicted molar refractivity (Wildman–Crippen MR) is 59.0 cm³/mol. The van der Waals surface area contributed by atoms with Gasteiger partial charge in [0.15, 0.2) is 0 Å². The van der Waals surface area contributed by atoms with Crippen molar-refractivity contribution in [2.75, 3.05) is 0 Å². The Kier molecular flexibility index (Phi) is 3.01. The maximum Gasteiger partial charge on any atom is 0.534 e. The number of nitrogens with zero attached hydrogens (tertiary/aromatic N) is 1. The molecule has 0 saturated carbocycles. The van der Waals surface area contributed by atoms with Crippen molar-refractivity contribution in [1.82, 2.24) is 4.98 Å². The lowest BCUT2D eigenvalue weighted by molar-refractivity contribution is -0.0501. The second-order valence-corrected chi connectivity index (χ2v) is 5.05. The van der Waals surface area contributed by atoms with E-state index in [0.29, 0.717) is 5.39 Å². The van der Waals surface area contributed by atoms with Crippen LogP contribution >= 0.6 is 0 Å². The molecule has 0 radical (unpaired) electrons. The minimum absolute atomic E-state index is 0.0501. The number of alkyl halides is 3. The molecule has 0 saturated heterocycles. The van der Waals surface area contributed by atoms with Gasteiger partial charge in [-0.1, -0.05) is 0 Å². The average molecular weight is 293 g/mol. The molecule has 1 aromatic carbocycles. The van der Waals surface area contributed by atoms with Crippen molar-refractivity contribution in [3.8, 4) is 11.6 Å². The summed E-state index contributed by atoms with van der Waals surface area (Å²) in [6.45, 7) is 0. The Hall–Kier alpha value is -2.03. The van der Waals surface area contributed by atoms with E-state index >= 15 is 0 Å². The van der Waals surface area contributed by atoms with Gasteiger partial charge in [-0.2, -0.15) is 21.6 Å². The Morgan fingerprint density at radius 2 is 1.84 bits per heavy atom. The van der Waals surface area contributed by atoms with E-state index in [1.807, 2.05) is 0 Å². The first kappa shape index (κ1) is 13.4. The number of rotatable bonds is 2. The second kappa shape index (κ2) is 4.26. The van der Waals surface area contributed by atoms with Gasteiger partial charge in [-0.05, 0) is 24.3 Å². The Balaban J connectivity index is 2.40. The van der Waals surface area contributed by atoms with Gasteiger partial charge in [-0.3, -0.25) is 0 Å². The molecule has 0 bridgehead atoms. The molecule has 5 nitrogen and oxygen atoms in total. The number of halogens is 3. The van der Waals surface area contributed by atoms with Gasteiger partial charge in [0, 0.05) is 11.5 Å². The summed E-state index contributed by atoms with van der Waals surface area (Å²) >= 11 is 0. The summed E-state index contributed by atoms with van der Waals surface area (Å²) in [6.07, 6.45) is 0. The second-order valence-electron chi connectivity index (χ2n) is 3.51. The normalized spacial score (nSPS) is 12.6. The summed E-state index contributed by atoms with van der Waals surface area (Å²) in [5.74, 6) is -0.749. The third kappa shape index (κ3) is 2.70. The van der Waals surface area contributed by atoms with Crippen molar-refractivity contribution in [1.29, 1.82) is 0 Å². The number of pyridine rings is 1. The maximum absolute atomic E-state index is 12.1. The molecule has 0 aliphatic carbocycles. The van der Waals surface area contributed by atoms with E-state index in [9.17, 15) is 26.7 Å². The molecule has 1 heterocycles. The zero-order valence-electron chi connectivity index (χ0n) is 9.05. The third-order valence-electron chi connectivity index (χ3n) is 2.13. The van der Waals surface area contributed by atoms with Crippen molar-refractivity contribution >= 4 is 21.0 Å². The van der Waals surface area contributed by atoms with Gasteiger partial charge >= 0.3 is 15.6 Å². The van der Waals surface area contributed by atoms with Crippen LogP contribution in [0.2, 0.25) is 0 Å². The van der Waals surface area contributed by atoms with Crippen LogP contribution in [-0.2, 0) is 10.1 Å². The largest absolute Gasteiger partial charge is 0.534 e. The molecule has 102 valence electrons. The number of hydrogen-bond acceptors (Lipinski definition) is 5. The highest BCUT2D eigenvalue weighted by atomic mass is 32.2. The maximum atomic E-state index is 12.1. The van der Waals surface area contributed by atoms with Crippen LogP contribution in [0.3, 0.4) is 0 Å². The smallest absolute Gasteiger partial charge is 0.508 e. The summed E-state index contributed by atoms with van der Waals surface area (Å²) in [7, 11) is -5.74. The summed E-state index contributed by atoms with van der Waals surface area (Å²) in [6, 6.07) is 6.15. The van der Waals surface area contributed by atoms with Gasteiger partial charge in [0.2, 0.25) is 5.88 Å². The lowest BCUT2D eigenvalue weighted by Crippen LogP contribution is -2.28. The standard InChI is InChI=1S/C10H6F3NO4S/c11-10(12,13)19(16,17)18-9-4-1-6-5-7(15)2-3-8(6)14-9/h1-5,15H. The molecule has 1 N–H and O–H groups in total. The number of aromatic hydroxyl groups is 1. The van der Waals surface area contributed by atoms with E-state index in [0.717, 1.165) is 6.07 Å². The lowest BCUT2D eigenvalue weighted by atomic mass is 10.2. The van der Waals surface area contributed by atoms with Gasteiger partial charge in [-0.15, -0.1) is 0 Å². The van der Waals surface area contributed by atoms with Crippen molar-refractivity contribution < 1.29 is 30.9 Å². The fourth-order valence-corrected chi connectivity index (χ4v) is 1.71. The molecule has 0 spiro atoms. The van der Waals surface area contributed by atoms with Crippen LogP contribution < -0.4 is 4.18 Å². The average Bonchev–Trinajstić information content (AvgIpc) is 2.27. The number of phenolic OH excluding ortho intramolecular Hbond substituents is 1. The van der Waals surface area contributed by atoms with E-state index in [4.69, 9.17) is 0 Å². The van der Waals surface area contributed by atoms with Gasteiger partial charge in [0.05, 0.1) is 5.52 Å². The summed E-state index contributed by atoms with van der Waals surface area (Å²) < 4.78 is 61.8. The van der Waals surface area contributed by atoms with Gasteiger partial charge in [-0.25, -0.2) is 4.98 Å².